The summed E-state index contributed by atoms with van der Waals surface area (Å²) in [6.07, 6.45) is 13.2. The van der Waals surface area contributed by atoms with Crippen LogP contribution in [-0.2, 0) is 4.74 Å². The summed E-state index contributed by atoms with van der Waals surface area (Å²) in [4.78, 5) is 0. The standard InChI is InChI=1S/C22H33NO2/c1-24-15-16(12-19-10-11-20(25-2)14-22(19)23)6-4-3-5-7-17-8-9-18-13-21(17)18/h10-12,14,17-18,21H,3-9,13,15,23H2,1-2H3/b16-12-/t17-,18?,21?/m0/s1. The molecule has 2 fully saturated rings. The van der Waals surface area contributed by atoms with Crippen LogP contribution in [0.5, 0.6) is 5.75 Å². The highest BCUT2D eigenvalue weighted by molar-refractivity contribution is 5.67. The zero-order chi connectivity index (χ0) is 17.6. The van der Waals surface area contributed by atoms with Gasteiger partial charge in [-0.05, 0) is 73.1 Å². The van der Waals surface area contributed by atoms with Crippen molar-refractivity contribution in [3.63, 3.8) is 0 Å². The van der Waals surface area contributed by atoms with E-state index in [0.29, 0.717) is 6.61 Å². The summed E-state index contributed by atoms with van der Waals surface area (Å²) in [5.41, 5.74) is 9.27. The summed E-state index contributed by atoms with van der Waals surface area (Å²) < 4.78 is 10.6. The second-order valence-corrected chi connectivity index (χ2v) is 7.83. The van der Waals surface area contributed by atoms with Gasteiger partial charge in [-0.25, -0.2) is 0 Å². The molecule has 0 spiro atoms. The van der Waals surface area contributed by atoms with Crippen molar-refractivity contribution in [1.29, 1.82) is 0 Å². The van der Waals surface area contributed by atoms with Crippen LogP contribution in [0.4, 0.5) is 5.69 Å². The van der Waals surface area contributed by atoms with Gasteiger partial charge < -0.3 is 15.2 Å². The third-order valence-electron chi connectivity index (χ3n) is 6.05. The predicted octanol–water partition coefficient (Wildman–Crippen LogP) is 5.30. The van der Waals surface area contributed by atoms with Gasteiger partial charge in [-0.3, -0.25) is 0 Å². The number of hydrogen-bond acceptors (Lipinski definition) is 3. The van der Waals surface area contributed by atoms with Gasteiger partial charge in [0, 0.05) is 18.9 Å². The molecule has 1 aromatic carbocycles. The molecular weight excluding hydrogens is 310 g/mol. The van der Waals surface area contributed by atoms with Crippen molar-refractivity contribution < 1.29 is 9.47 Å². The van der Waals surface area contributed by atoms with Crippen LogP contribution in [0.25, 0.3) is 6.08 Å². The molecule has 3 rings (SSSR count). The molecule has 0 aliphatic heterocycles. The average Bonchev–Trinajstić information content (AvgIpc) is 3.29. The smallest absolute Gasteiger partial charge is 0.120 e. The maximum absolute atomic E-state index is 6.14. The minimum atomic E-state index is 0.678. The van der Waals surface area contributed by atoms with Crippen LogP contribution >= 0.6 is 0 Å². The maximum atomic E-state index is 6.14. The van der Waals surface area contributed by atoms with Crippen molar-refractivity contribution in [2.75, 3.05) is 26.6 Å². The van der Waals surface area contributed by atoms with Gasteiger partial charge in [-0.1, -0.05) is 25.3 Å². The van der Waals surface area contributed by atoms with Crippen molar-refractivity contribution in [3.8, 4) is 5.75 Å². The van der Waals surface area contributed by atoms with Gasteiger partial charge in [-0.15, -0.1) is 0 Å². The van der Waals surface area contributed by atoms with Crippen molar-refractivity contribution >= 4 is 11.8 Å². The number of ether oxygens (including phenoxy) is 2. The lowest BCUT2D eigenvalue weighted by Gasteiger charge is -2.12. The summed E-state index contributed by atoms with van der Waals surface area (Å²) in [5.74, 6) is 4.09. The van der Waals surface area contributed by atoms with E-state index >= 15 is 0 Å². The number of rotatable bonds is 10. The number of fused-ring (bicyclic) bond motifs is 1. The largest absolute Gasteiger partial charge is 0.497 e. The monoisotopic (exact) mass is 343 g/mol. The van der Waals surface area contributed by atoms with Crippen LogP contribution in [0.3, 0.4) is 0 Å². The number of anilines is 1. The van der Waals surface area contributed by atoms with Crippen molar-refractivity contribution in [2.45, 2.75) is 51.4 Å². The van der Waals surface area contributed by atoms with Crippen LogP contribution < -0.4 is 10.5 Å². The van der Waals surface area contributed by atoms with Crippen molar-refractivity contribution in [1.82, 2.24) is 0 Å². The molecule has 0 radical (unpaired) electrons. The van der Waals surface area contributed by atoms with E-state index in [1.165, 1.54) is 50.5 Å². The first kappa shape index (κ1) is 18.3. The fourth-order valence-corrected chi connectivity index (χ4v) is 4.52. The van der Waals surface area contributed by atoms with E-state index in [1.54, 1.807) is 14.2 Å². The molecule has 0 aromatic heterocycles. The molecule has 3 heteroatoms. The van der Waals surface area contributed by atoms with E-state index in [4.69, 9.17) is 15.2 Å². The van der Waals surface area contributed by atoms with E-state index < -0.39 is 0 Å². The Morgan fingerprint density at radius 2 is 2.08 bits per heavy atom. The highest BCUT2D eigenvalue weighted by atomic mass is 16.5. The Labute approximate surface area is 152 Å². The van der Waals surface area contributed by atoms with Crippen LogP contribution in [-0.4, -0.2) is 20.8 Å². The SMILES string of the molecule is COC/C(=C\c1ccc(OC)cc1N)CCCCC[C@H]1CCC2CC21. The van der Waals surface area contributed by atoms with E-state index in [-0.39, 0.29) is 0 Å². The maximum Gasteiger partial charge on any atom is 0.120 e. The number of hydrogen-bond donors (Lipinski definition) is 1. The van der Waals surface area contributed by atoms with Crippen LogP contribution in [0.2, 0.25) is 0 Å². The number of nitrogens with two attached hydrogens (primary N) is 1. The lowest BCUT2D eigenvalue weighted by molar-refractivity contribution is 0.223. The molecule has 2 aliphatic rings. The number of methoxy groups -OCH3 is 2. The van der Waals surface area contributed by atoms with Crippen LogP contribution in [0, 0.1) is 17.8 Å². The third-order valence-corrected chi connectivity index (χ3v) is 6.05. The second kappa shape index (κ2) is 8.75. The molecule has 2 unspecified atom stereocenters. The number of unbranched alkanes of at least 4 members (excludes halogenated alkanes) is 2. The first-order valence-corrected chi connectivity index (χ1v) is 9.83. The molecule has 0 heterocycles. The van der Waals surface area contributed by atoms with E-state index in [1.807, 2.05) is 18.2 Å². The average molecular weight is 344 g/mol. The van der Waals surface area contributed by atoms with Gasteiger partial charge in [-0.2, -0.15) is 0 Å². The minimum Gasteiger partial charge on any atom is -0.497 e. The van der Waals surface area contributed by atoms with E-state index in [9.17, 15) is 0 Å². The van der Waals surface area contributed by atoms with Crippen LogP contribution in [0.1, 0.15) is 56.9 Å². The Kier molecular flexibility index (Phi) is 6.41. The Bertz CT molecular complexity index is 596. The molecule has 2 N–H and O–H groups in total. The van der Waals surface area contributed by atoms with Gasteiger partial charge in [0.25, 0.3) is 0 Å². The number of nitrogen functional groups attached to an aromatic ring is 1. The summed E-state index contributed by atoms with van der Waals surface area (Å²) >= 11 is 0. The highest BCUT2D eigenvalue weighted by Gasteiger charge is 2.47. The first-order valence-electron chi connectivity index (χ1n) is 9.83. The Hall–Kier alpha value is -1.48. The summed E-state index contributed by atoms with van der Waals surface area (Å²) in [6.45, 7) is 0.678. The highest BCUT2D eigenvalue weighted by Crippen LogP contribution is 2.56. The Balaban J connectivity index is 1.45. The predicted molar refractivity (Wildman–Crippen MR) is 105 cm³/mol. The first-order chi connectivity index (χ1) is 12.2. The minimum absolute atomic E-state index is 0.678. The molecule has 25 heavy (non-hydrogen) atoms. The normalized spacial score (nSPS) is 25.0. The second-order valence-electron chi connectivity index (χ2n) is 7.83. The summed E-state index contributed by atoms with van der Waals surface area (Å²) in [7, 11) is 3.42. The molecule has 2 aliphatic carbocycles. The molecule has 2 saturated carbocycles. The molecule has 138 valence electrons. The van der Waals surface area contributed by atoms with Gasteiger partial charge in [0.05, 0.1) is 13.7 Å². The molecule has 0 amide bonds. The zero-order valence-electron chi connectivity index (χ0n) is 15.8. The quantitative estimate of drug-likeness (QED) is 0.463. The summed E-state index contributed by atoms with van der Waals surface area (Å²) in [6, 6.07) is 5.86. The molecule has 3 atom stereocenters. The lowest BCUT2D eigenvalue weighted by Crippen LogP contribution is -1.99. The summed E-state index contributed by atoms with van der Waals surface area (Å²) in [5, 5.41) is 0. The molecule has 3 nitrogen and oxygen atoms in total. The van der Waals surface area contributed by atoms with Gasteiger partial charge in [0.1, 0.15) is 5.75 Å². The van der Waals surface area contributed by atoms with Crippen molar-refractivity contribution in [3.05, 3.63) is 29.3 Å². The van der Waals surface area contributed by atoms with Gasteiger partial charge >= 0.3 is 0 Å². The molecular formula is C22H33NO2. The Morgan fingerprint density at radius 3 is 2.72 bits per heavy atom. The lowest BCUT2D eigenvalue weighted by atomic mass is 9.95. The van der Waals surface area contributed by atoms with Gasteiger partial charge in [0.15, 0.2) is 0 Å². The number of benzene rings is 1. The molecule has 0 bridgehead atoms. The third kappa shape index (κ3) is 5.01. The van der Waals surface area contributed by atoms with Crippen LogP contribution in [0.15, 0.2) is 23.8 Å². The van der Waals surface area contributed by atoms with Gasteiger partial charge in [0.2, 0.25) is 0 Å². The fraction of sp³-hybridized carbons (Fsp3) is 0.636. The molecule has 1 aromatic rings. The van der Waals surface area contributed by atoms with E-state index in [0.717, 1.165) is 41.2 Å². The fourth-order valence-electron chi connectivity index (χ4n) is 4.52. The Morgan fingerprint density at radius 1 is 1.20 bits per heavy atom. The van der Waals surface area contributed by atoms with Crippen molar-refractivity contribution in [2.24, 2.45) is 17.8 Å². The zero-order valence-corrected chi connectivity index (χ0v) is 15.8. The van der Waals surface area contributed by atoms with E-state index in [2.05, 4.69) is 6.08 Å². The molecule has 0 saturated heterocycles. The topological polar surface area (TPSA) is 44.5 Å².